The van der Waals surface area contributed by atoms with Crippen LogP contribution in [0.1, 0.15) is 11.1 Å². The molecule has 2 nitrogen and oxygen atoms in total. The molecule has 0 saturated carbocycles. The predicted octanol–water partition coefficient (Wildman–Crippen LogP) is 5.34. The summed E-state index contributed by atoms with van der Waals surface area (Å²) >= 11 is 0. The zero-order valence-corrected chi connectivity index (χ0v) is 16.0. The number of hydrogen-bond acceptors (Lipinski definition) is 2. The van der Waals surface area contributed by atoms with E-state index in [0.717, 1.165) is 23.1 Å². The van der Waals surface area contributed by atoms with Gasteiger partial charge >= 0.3 is 0 Å². The molecule has 0 bridgehead atoms. The summed E-state index contributed by atoms with van der Waals surface area (Å²) < 4.78 is 0. The number of nitrogens with two attached hydrogens (primary N) is 2. The van der Waals surface area contributed by atoms with Crippen LogP contribution >= 0.6 is 0 Å². The smallest absolute Gasteiger partial charge is 0.116 e. The van der Waals surface area contributed by atoms with Gasteiger partial charge in [0.05, 0.1) is 0 Å². The van der Waals surface area contributed by atoms with Gasteiger partial charge in [-0.05, 0) is 34.2 Å². The first kappa shape index (κ1) is 19.6. The lowest BCUT2D eigenvalue weighted by Crippen LogP contribution is -2.47. The molecular formula is C26H26N2. The van der Waals surface area contributed by atoms with Crippen molar-refractivity contribution in [1.29, 1.82) is 0 Å². The summed E-state index contributed by atoms with van der Waals surface area (Å²) in [6, 6.07) is 28.6. The Kier molecular flexibility index (Phi) is 6.38. The highest BCUT2D eigenvalue weighted by Gasteiger charge is 2.25. The first-order valence-corrected chi connectivity index (χ1v) is 9.38. The van der Waals surface area contributed by atoms with Crippen LogP contribution in [0.3, 0.4) is 0 Å². The summed E-state index contributed by atoms with van der Waals surface area (Å²) in [5.74, 6) is 0. The summed E-state index contributed by atoms with van der Waals surface area (Å²) in [5, 5.41) is 0. The van der Waals surface area contributed by atoms with Crippen LogP contribution in [-0.4, -0.2) is 0 Å². The van der Waals surface area contributed by atoms with Crippen molar-refractivity contribution < 1.29 is 0 Å². The number of allylic oxidation sites excluding steroid dienone is 3. The second-order valence-electron chi connectivity index (χ2n) is 6.76. The average molecular weight is 367 g/mol. The minimum absolute atomic E-state index is 0.760. The molecule has 2 heteroatoms. The van der Waals surface area contributed by atoms with Gasteiger partial charge in [-0.2, -0.15) is 0 Å². The summed E-state index contributed by atoms with van der Waals surface area (Å²) in [7, 11) is 0. The molecule has 0 amide bonds. The molecule has 0 aliphatic heterocycles. The Morgan fingerprint density at radius 2 is 1.36 bits per heavy atom. The van der Waals surface area contributed by atoms with Crippen molar-refractivity contribution in [2.45, 2.75) is 12.1 Å². The third-order valence-corrected chi connectivity index (χ3v) is 4.76. The highest BCUT2D eigenvalue weighted by Crippen LogP contribution is 2.26. The van der Waals surface area contributed by atoms with E-state index in [0.29, 0.717) is 0 Å². The van der Waals surface area contributed by atoms with E-state index in [9.17, 15) is 0 Å². The highest BCUT2D eigenvalue weighted by atomic mass is 15.0. The first-order valence-electron chi connectivity index (χ1n) is 9.38. The summed E-state index contributed by atoms with van der Waals surface area (Å²) in [4.78, 5) is 0. The zero-order chi connectivity index (χ0) is 19.8. The maximum Gasteiger partial charge on any atom is 0.116 e. The monoisotopic (exact) mass is 366 g/mol. The fourth-order valence-electron chi connectivity index (χ4n) is 3.12. The molecular weight excluding hydrogens is 340 g/mol. The highest BCUT2D eigenvalue weighted by molar-refractivity contribution is 5.64. The van der Waals surface area contributed by atoms with Crippen molar-refractivity contribution in [3.8, 4) is 11.1 Å². The largest absolute Gasteiger partial charge is 0.306 e. The molecule has 0 heterocycles. The van der Waals surface area contributed by atoms with E-state index >= 15 is 0 Å². The predicted molar refractivity (Wildman–Crippen MR) is 119 cm³/mol. The van der Waals surface area contributed by atoms with E-state index < -0.39 is 5.66 Å². The van der Waals surface area contributed by atoms with Crippen molar-refractivity contribution >= 4 is 0 Å². The Hall–Kier alpha value is -3.20. The van der Waals surface area contributed by atoms with Gasteiger partial charge in [0.2, 0.25) is 0 Å². The van der Waals surface area contributed by atoms with Crippen LogP contribution in [-0.2, 0) is 12.1 Å². The molecule has 0 atom stereocenters. The van der Waals surface area contributed by atoms with Gasteiger partial charge in [-0.25, -0.2) is 0 Å². The molecule has 0 unspecified atom stereocenters. The molecule has 0 fully saturated rings. The van der Waals surface area contributed by atoms with Gasteiger partial charge in [-0.15, -0.1) is 0 Å². The maximum absolute atomic E-state index is 6.60. The third kappa shape index (κ3) is 4.74. The lowest BCUT2D eigenvalue weighted by molar-refractivity contribution is 0.564. The Labute approximate surface area is 167 Å². The van der Waals surface area contributed by atoms with Crippen LogP contribution in [0.2, 0.25) is 0 Å². The van der Waals surface area contributed by atoms with E-state index in [2.05, 4.69) is 49.1 Å². The number of benzene rings is 3. The third-order valence-electron chi connectivity index (χ3n) is 4.76. The van der Waals surface area contributed by atoms with Gasteiger partial charge in [-0.3, -0.25) is 0 Å². The number of rotatable bonds is 7. The first-order chi connectivity index (χ1) is 13.6. The lowest BCUT2D eigenvalue weighted by Gasteiger charge is -2.27. The minimum atomic E-state index is -1.09. The van der Waals surface area contributed by atoms with Crippen molar-refractivity contribution in [3.63, 3.8) is 0 Å². The van der Waals surface area contributed by atoms with Crippen LogP contribution in [0, 0.1) is 0 Å². The van der Waals surface area contributed by atoms with Crippen LogP contribution in [0.25, 0.3) is 11.1 Å². The lowest BCUT2D eigenvalue weighted by atomic mass is 9.89. The van der Waals surface area contributed by atoms with Crippen LogP contribution in [0.4, 0.5) is 0 Å². The van der Waals surface area contributed by atoms with Gasteiger partial charge in [0.15, 0.2) is 0 Å². The quantitative estimate of drug-likeness (QED) is 0.438. The van der Waals surface area contributed by atoms with Gasteiger partial charge in [0.25, 0.3) is 0 Å². The zero-order valence-electron chi connectivity index (χ0n) is 16.0. The Morgan fingerprint density at radius 3 is 1.96 bits per heavy atom. The summed E-state index contributed by atoms with van der Waals surface area (Å²) in [5.41, 5.74) is 17.3. The van der Waals surface area contributed by atoms with E-state index in [1.54, 1.807) is 6.08 Å². The van der Waals surface area contributed by atoms with Crippen molar-refractivity contribution in [1.82, 2.24) is 0 Å². The van der Waals surface area contributed by atoms with E-state index in [1.165, 1.54) is 11.1 Å². The Morgan fingerprint density at radius 1 is 0.786 bits per heavy atom. The van der Waals surface area contributed by atoms with Gasteiger partial charge < -0.3 is 11.5 Å². The standard InChI is InChI=1S/C26H26N2/c1-2-3-14-24(18-15-21-10-6-4-7-11-21)26(27,28)25-19-16-23(17-20-25)22-12-8-5-9-13-22/h2-14,16-20H,1,15,27-28H2/b14-3-,24-18+. The molecule has 0 aliphatic carbocycles. The minimum Gasteiger partial charge on any atom is -0.306 e. The number of hydrogen-bond donors (Lipinski definition) is 2. The van der Waals surface area contributed by atoms with Crippen LogP contribution in [0.15, 0.2) is 121 Å². The van der Waals surface area contributed by atoms with Gasteiger partial charge in [0, 0.05) is 0 Å². The molecule has 0 aliphatic rings. The molecule has 3 aromatic carbocycles. The van der Waals surface area contributed by atoms with E-state index in [-0.39, 0.29) is 0 Å². The van der Waals surface area contributed by atoms with Gasteiger partial charge in [-0.1, -0.05) is 116 Å². The summed E-state index contributed by atoms with van der Waals surface area (Å²) in [6.07, 6.45) is 8.37. The molecule has 3 rings (SSSR count). The molecule has 0 saturated heterocycles. The SMILES string of the molecule is C=C/C=C\C(=C/Cc1ccccc1)C(N)(N)c1ccc(-c2ccccc2)cc1. The van der Waals surface area contributed by atoms with Crippen molar-refractivity contribution in [2.75, 3.05) is 0 Å². The van der Waals surface area contributed by atoms with Crippen molar-refractivity contribution in [2.24, 2.45) is 11.5 Å². The van der Waals surface area contributed by atoms with E-state index in [1.807, 2.05) is 60.7 Å². The Balaban J connectivity index is 1.90. The van der Waals surface area contributed by atoms with Crippen LogP contribution in [0.5, 0.6) is 0 Å². The Bertz CT molecular complexity index is 950. The molecule has 0 aromatic heterocycles. The molecule has 28 heavy (non-hydrogen) atoms. The van der Waals surface area contributed by atoms with E-state index in [4.69, 9.17) is 11.5 Å². The molecule has 140 valence electrons. The normalized spacial score (nSPS) is 12.3. The average Bonchev–Trinajstić information content (AvgIpc) is 2.75. The maximum atomic E-state index is 6.60. The summed E-state index contributed by atoms with van der Waals surface area (Å²) in [6.45, 7) is 3.76. The molecule has 3 aromatic rings. The molecule has 0 spiro atoms. The van der Waals surface area contributed by atoms with Crippen molar-refractivity contribution in [3.05, 3.63) is 133 Å². The van der Waals surface area contributed by atoms with Crippen LogP contribution < -0.4 is 11.5 Å². The topological polar surface area (TPSA) is 52.0 Å². The van der Waals surface area contributed by atoms with Gasteiger partial charge in [0.1, 0.15) is 5.66 Å². The fraction of sp³-hybridized carbons (Fsp3) is 0.0769. The molecule has 0 radical (unpaired) electrons. The fourth-order valence-corrected chi connectivity index (χ4v) is 3.12. The molecule has 4 N–H and O–H groups in total. The second kappa shape index (κ2) is 9.14. The second-order valence-corrected chi connectivity index (χ2v) is 6.76.